The maximum Gasteiger partial charge on any atom is 0.251 e. The SMILES string of the molecule is COCC(=O)Nc1c(-c2cccc(F)c2F)nc2cc(C)ccn12. The fraction of sp³-hybridized carbons (Fsp3) is 0.176. The van der Waals surface area contributed by atoms with Crippen LogP contribution in [0.4, 0.5) is 14.6 Å². The van der Waals surface area contributed by atoms with Gasteiger partial charge in [0.2, 0.25) is 0 Å². The zero-order valence-electron chi connectivity index (χ0n) is 13.1. The van der Waals surface area contributed by atoms with Gasteiger partial charge in [-0.15, -0.1) is 0 Å². The minimum absolute atomic E-state index is 0.0240. The molecule has 0 aliphatic carbocycles. The fourth-order valence-corrected chi connectivity index (χ4v) is 2.44. The number of nitrogens with zero attached hydrogens (tertiary/aromatic N) is 2. The fourth-order valence-electron chi connectivity index (χ4n) is 2.44. The Labute approximate surface area is 136 Å². The number of methoxy groups -OCH3 is 1. The molecular weight excluding hydrogens is 316 g/mol. The van der Waals surface area contributed by atoms with Gasteiger partial charge in [-0.05, 0) is 36.8 Å². The van der Waals surface area contributed by atoms with E-state index in [-0.39, 0.29) is 23.7 Å². The largest absolute Gasteiger partial charge is 0.375 e. The lowest BCUT2D eigenvalue weighted by molar-refractivity contribution is -0.119. The Morgan fingerprint density at radius 3 is 2.88 bits per heavy atom. The molecule has 3 aromatic rings. The second-order valence-corrected chi connectivity index (χ2v) is 5.32. The van der Waals surface area contributed by atoms with E-state index >= 15 is 0 Å². The van der Waals surface area contributed by atoms with Crippen molar-refractivity contribution in [2.24, 2.45) is 0 Å². The van der Waals surface area contributed by atoms with Gasteiger partial charge in [0, 0.05) is 18.9 Å². The summed E-state index contributed by atoms with van der Waals surface area (Å²) in [5.41, 5.74) is 1.60. The molecule has 0 saturated heterocycles. The summed E-state index contributed by atoms with van der Waals surface area (Å²) in [6.07, 6.45) is 1.71. The highest BCUT2D eigenvalue weighted by molar-refractivity contribution is 5.95. The number of ether oxygens (including phenoxy) is 1. The minimum Gasteiger partial charge on any atom is -0.375 e. The molecule has 0 fully saturated rings. The molecule has 1 amide bonds. The lowest BCUT2D eigenvalue weighted by Gasteiger charge is -2.08. The average molecular weight is 331 g/mol. The van der Waals surface area contributed by atoms with E-state index in [4.69, 9.17) is 4.74 Å². The van der Waals surface area contributed by atoms with Crippen molar-refractivity contribution in [1.29, 1.82) is 0 Å². The van der Waals surface area contributed by atoms with E-state index in [0.29, 0.717) is 5.65 Å². The van der Waals surface area contributed by atoms with Crippen molar-refractivity contribution >= 4 is 17.4 Å². The molecule has 0 radical (unpaired) electrons. The Morgan fingerprint density at radius 1 is 1.33 bits per heavy atom. The highest BCUT2D eigenvalue weighted by Crippen LogP contribution is 2.31. The van der Waals surface area contributed by atoms with Gasteiger partial charge in [0.05, 0.1) is 0 Å². The van der Waals surface area contributed by atoms with E-state index in [1.807, 2.05) is 13.0 Å². The topological polar surface area (TPSA) is 55.6 Å². The first kappa shape index (κ1) is 16.1. The number of aryl methyl sites for hydroxylation is 1. The number of hydrogen-bond donors (Lipinski definition) is 1. The van der Waals surface area contributed by atoms with E-state index in [1.54, 1.807) is 16.7 Å². The number of imidazole rings is 1. The minimum atomic E-state index is -1.01. The number of aromatic nitrogens is 2. The number of halogens is 2. The molecule has 0 aliphatic heterocycles. The van der Waals surface area contributed by atoms with E-state index in [0.717, 1.165) is 11.6 Å². The summed E-state index contributed by atoms with van der Waals surface area (Å²) in [5.74, 6) is -2.15. The summed E-state index contributed by atoms with van der Waals surface area (Å²) in [7, 11) is 1.39. The third-order valence-corrected chi connectivity index (χ3v) is 3.52. The van der Waals surface area contributed by atoms with Crippen LogP contribution in [0.1, 0.15) is 5.56 Å². The lowest BCUT2D eigenvalue weighted by atomic mass is 10.1. The van der Waals surface area contributed by atoms with Gasteiger partial charge in [-0.2, -0.15) is 0 Å². The first-order valence-electron chi connectivity index (χ1n) is 7.23. The molecule has 24 heavy (non-hydrogen) atoms. The predicted octanol–water partition coefficient (Wildman–Crippen LogP) is 3.17. The molecule has 0 unspecified atom stereocenters. The smallest absolute Gasteiger partial charge is 0.251 e. The van der Waals surface area contributed by atoms with Crippen LogP contribution in [0.3, 0.4) is 0 Å². The highest BCUT2D eigenvalue weighted by atomic mass is 19.2. The van der Waals surface area contributed by atoms with Crippen molar-refractivity contribution in [2.45, 2.75) is 6.92 Å². The number of rotatable bonds is 4. The van der Waals surface area contributed by atoms with Crippen molar-refractivity contribution in [2.75, 3.05) is 19.0 Å². The van der Waals surface area contributed by atoms with Crippen LogP contribution in [-0.2, 0) is 9.53 Å². The second kappa shape index (κ2) is 6.37. The molecule has 1 aromatic carbocycles. The molecular formula is C17H15F2N3O2. The highest BCUT2D eigenvalue weighted by Gasteiger charge is 2.20. The van der Waals surface area contributed by atoms with Crippen LogP contribution < -0.4 is 5.32 Å². The summed E-state index contributed by atoms with van der Waals surface area (Å²) >= 11 is 0. The first-order valence-corrected chi connectivity index (χ1v) is 7.23. The van der Waals surface area contributed by atoms with Gasteiger partial charge in [-0.3, -0.25) is 9.20 Å². The van der Waals surface area contributed by atoms with Crippen molar-refractivity contribution in [1.82, 2.24) is 9.38 Å². The number of anilines is 1. The number of carbonyl (C=O) groups is 1. The van der Waals surface area contributed by atoms with Gasteiger partial charge in [0.25, 0.3) is 5.91 Å². The quantitative estimate of drug-likeness (QED) is 0.799. The van der Waals surface area contributed by atoms with Crippen LogP contribution in [0.25, 0.3) is 16.9 Å². The zero-order chi connectivity index (χ0) is 17.3. The van der Waals surface area contributed by atoms with Crippen molar-refractivity contribution < 1.29 is 18.3 Å². The van der Waals surface area contributed by atoms with Crippen LogP contribution in [-0.4, -0.2) is 29.0 Å². The Bertz CT molecular complexity index is 922. The molecule has 124 valence electrons. The molecule has 0 atom stereocenters. The number of pyridine rings is 1. The summed E-state index contributed by atoms with van der Waals surface area (Å²) in [6.45, 7) is 1.73. The van der Waals surface area contributed by atoms with Crippen LogP contribution in [0.2, 0.25) is 0 Å². The number of fused-ring (bicyclic) bond motifs is 1. The van der Waals surface area contributed by atoms with Gasteiger partial charge in [0.1, 0.15) is 23.8 Å². The number of amides is 1. The number of nitrogens with one attached hydrogen (secondary N) is 1. The monoisotopic (exact) mass is 331 g/mol. The first-order chi connectivity index (χ1) is 11.5. The van der Waals surface area contributed by atoms with Crippen LogP contribution >= 0.6 is 0 Å². The van der Waals surface area contributed by atoms with E-state index in [9.17, 15) is 13.6 Å². The molecule has 1 N–H and O–H groups in total. The number of benzene rings is 1. The second-order valence-electron chi connectivity index (χ2n) is 5.32. The summed E-state index contributed by atoms with van der Waals surface area (Å²) in [6, 6.07) is 7.45. The summed E-state index contributed by atoms with van der Waals surface area (Å²) in [5, 5.41) is 2.65. The molecule has 0 bridgehead atoms. The van der Waals surface area contributed by atoms with Gasteiger partial charge >= 0.3 is 0 Å². The van der Waals surface area contributed by atoms with Crippen LogP contribution in [0.5, 0.6) is 0 Å². The Hall–Kier alpha value is -2.80. The van der Waals surface area contributed by atoms with E-state index in [2.05, 4.69) is 10.3 Å². The Morgan fingerprint density at radius 2 is 2.12 bits per heavy atom. The maximum atomic E-state index is 14.2. The molecule has 0 spiro atoms. The normalized spacial score (nSPS) is 11.0. The maximum absolute atomic E-state index is 14.2. The third-order valence-electron chi connectivity index (χ3n) is 3.52. The summed E-state index contributed by atoms with van der Waals surface area (Å²) < 4.78 is 34.2. The average Bonchev–Trinajstić information content (AvgIpc) is 2.87. The lowest BCUT2D eigenvalue weighted by Crippen LogP contribution is -2.18. The predicted molar refractivity (Wildman–Crippen MR) is 85.8 cm³/mol. The summed E-state index contributed by atoms with van der Waals surface area (Å²) in [4.78, 5) is 16.3. The molecule has 2 aromatic heterocycles. The van der Waals surface area contributed by atoms with Crippen molar-refractivity contribution in [3.63, 3.8) is 0 Å². The molecule has 5 nitrogen and oxygen atoms in total. The number of carbonyl (C=O) groups excluding carboxylic acids is 1. The van der Waals surface area contributed by atoms with Crippen LogP contribution in [0.15, 0.2) is 36.5 Å². The molecule has 0 aliphatic rings. The van der Waals surface area contributed by atoms with E-state index < -0.39 is 17.5 Å². The number of hydrogen-bond acceptors (Lipinski definition) is 3. The molecule has 2 heterocycles. The van der Waals surface area contributed by atoms with E-state index in [1.165, 1.54) is 19.2 Å². The molecule has 0 saturated carbocycles. The van der Waals surface area contributed by atoms with Crippen molar-refractivity contribution in [3.8, 4) is 11.3 Å². The van der Waals surface area contributed by atoms with Gasteiger partial charge in [0.15, 0.2) is 11.6 Å². The van der Waals surface area contributed by atoms with Gasteiger partial charge < -0.3 is 10.1 Å². The van der Waals surface area contributed by atoms with Crippen LogP contribution in [0, 0.1) is 18.6 Å². The van der Waals surface area contributed by atoms with Gasteiger partial charge in [-0.25, -0.2) is 13.8 Å². The standard InChI is InChI=1S/C17H15F2N3O2/c1-10-6-7-22-13(8-10)20-16(17(22)21-14(23)9-24-2)11-4-3-5-12(18)15(11)19/h3-8H,9H2,1-2H3,(H,21,23). The Kier molecular flexibility index (Phi) is 4.26. The van der Waals surface area contributed by atoms with Crippen molar-refractivity contribution in [3.05, 3.63) is 53.7 Å². The van der Waals surface area contributed by atoms with Gasteiger partial charge in [-0.1, -0.05) is 6.07 Å². The molecule has 3 rings (SSSR count). The Balaban J connectivity index is 2.22. The third kappa shape index (κ3) is 2.85. The molecule has 7 heteroatoms. The zero-order valence-corrected chi connectivity index (χ0v) is 13.1.